The van der Waals surface area contributed by atoms with Crippen LogP contribution < -0.4 is 9.47 Å². The second kappa shape index (κ2) is 9.76. The average Bonchev–Trinajstić information content (AvgIpc) is 3.42. The van der Waals surface area contributed by atoms with Gasteiger partial charge in [0.15, 0.2) is 0 Å². The van der Waals surface area contributed by atoms with Gasteiger partial charge in [0.2, 0.25) is 0 Å². The predicted octanol–water partition coefficient (Wildman–Crippen LogP) is 6.03. The van der Waals surface area contributed by atoms with Gasteiger partial charge >= 0.3 is 17.5 Å². The van der Waals surface area contributed by atoms with E-state index in [1.807, 2.05) is 85.8 Å². The molecule has 0 N–H and O–H groups in total. The number of hydrogen-bond donors (Lipinski definition) is 0. The summed E-state index contributed by atoms with van der Waals surface area (Å²) in [6.07, 6.45) is 1.04. The van der Waals surface area contributed by atoms with Crippen LogP contribution in [0, 0.1) is 6.92 Å². The molecule has 4 aromatic rings. The number of aryl methyl sites for hydroxylation is 1. The lowest BCUT2D eigenvalue weighted by molar-refractivity contribution is -0.149. The molecule has 1 aliphatic heterocycles. The van der Waals surface area contributed by atoms with E-state index in [1.54, 1.807) is 24.3 Å². The summed E-state index contributed by atoms with van der Waals surface area (Å²) >= 11 is 0. The summed E-state index contributed by atoms with van der Waals surface area (Å²) < 4.78 is 11.4. The summed E-state index contributed by atoms with van der Waals surface area (Å²) in [7, 11) is 0. The predicted molar refractivity (Wildman–Crippen MR) is 136 cm³/mol. The molecule has 0 aliphatic carbocycles. The highest BCUT2D eigenvalue weighted by atomic mass is 16.6. The Labute approximate surface area is 207 Å². The van der Waals surface area contributed by atoms with Gasteiger partial charge in [-0.2, -0.15) is 0 Å². The number of hydrogen-bond acceptors (Lipinski definition) is 7. The van der Waals surface area contributed by atoms with Crippen molar-refractivity contribution in [1.82, 2.24) is 0 Å². The van der Waals surface area contributed by atoms with Crippen LogP contribution in [0.1, 0.15) is 5.56 Å². The Hall–Kier alpha value is -4.91. The Kier molecular flexibility index (Phi) is 6.19. The normalized spacial score (nSPS) is 16.0. The van der Waals surface area contributed by atoms with Crippen LogP contribution in [-0.4, -0.2) is 23.7 Å². The largest absolute Gasteiger partial charge is 0.423 e. The summed E-state index contributed by atoms with van der Waals surface area (Å²) in [5, 5.41) is 11.0. The number of rotatable bonds is 6. The van der Waals surface area contributed by atoms with Gasteiger partial charge in [-0.15, -0.1) is 10.2 Å². The van der Waals surface area contributed by atoms with Crippen molar-refractivity contribution in [2.75, 3.05) is 0 Å². The lowest BCUT2D eigenvalue weighted by Crippen LogP contribution is -2.50. The van der Waals surface area contributed by atoms with Crippen molar-refractivity contribution in [3.05, 3.63) is 109 Å². The van der Waals surface area contributed by atoms with Crippen LogP contribution in [-0.2, 0) is 9.59 Å². The van der Waals surface area contributed by atoms with Gasteiger partial charge in [0.1, 0.15) is 11.5 Å². The van der Waals surface area contributed by atoms with E-state index in [0.717, 1.165) is 22.9 Å². The lowest BCUT2D eigenvalue weighted by atomic mass is 9.99. The zero-order chi connectivity index (χ0) is 25.0. The Balaban J connectivity index is 1.45. The highest BCUT2D eigenvalue weighted by Crippen LogP contribution is 2.34. The van der Waals surface area contributed by atoms with E-state index in [2.05, 4.69) is 15.4 Å². The van der Waals surface area contributed by atoms with Gasteiger partial charge in [-0.25, -0.2) is 9.59 Å². The van der Waals surface area contributed by atoms with Crippen molar-refractivity contribution >= 4 is 18.2 Å². The Morgan fingerprint density at radius 3 is 1.78 bits per heavy atom. The van der Waals surface area contributed by atoms with E-state index >= 15 is 0 Å². The third kappa shape index (κ3) is 4.30. The van der Waals surface area contributed by atoms with Crippen molar-refractivity contribution in [2.45, 2.75) is 12.5 Å². The van der Waals surface area contributed by atoms with Crippen molar-refractivity contribution in [3.63, 3.8) is 0 Å². The fourth-order valence-corrected chi connectivity index (χ4v) is 3.92. The smallest absolute Gasteiger partial charge is 0.359 e. The van der Waals surface area contributed by atoms with Crippen LogP contribution >= 0.6 is 0 Å². The van der Waals surface area contributed by atoms with Crippen molar-refractivity contribution < 1.29 is 19.1 Å². The molecule has 4 aromatic carbocycles. The van der Waals surface area contributed by atoms with E-state index in [-0.39, 0.29) is 11.5 Å². The molecule has 0 bridgehead atoms. The van der Waals surface area contributed by atoms with E-state index in [1.165, 1.54) is 0 Å². The molecule has 36 heavy (non-hydrogen) atoms. The fraction of sp³-hybridized carbons (Fsp3) is 0.0690. The van der Waals surface area contributed by atoms with Crippen LogP contribution in [0.4, 0.5) is 0 Å². The van der Waals surface area contributed by atoms with Gasteiger partial charge < -0.3 is 9.47 Å². The molecule has 176 valence electrons. The summed E-state index contributed by atoms with van der Waals surface area (Å²) in [6, 6.07) is 31.3. The van der Waals surface area contributed by atoms with Crippen molar-refractivity contribution in [2.24, 2.45) is 15.4 Å². The molecule has 0 spiro atoms. The summed E-state index contributed by atoms with van der Waals surface area (Å²) in [6.45, 7) is 1.97. The van der Waals surface area contributed by atoms with E-state index < -0.39 is 17.5 Å². The van der Waals surface area contributed by atoms with Gasteiger partial charge in [-0.3, -0.25) is 0 Å². The monoisotopic (exact) mass is 475 g/mol. The summed E-state index contributed by atoms with van der Waals surface area (Å²) in [4.78, 5) is 26.8. The van der Waals surface area contributed by atoms with Crippen LogP contribution in [0.3, 0.4) is 0 Å². The molecule has 0 radical (unpaired) electrons. The SMILES string of the molecule is Cc1ccccc1-c1ccccc1OC(=O)C1(C(=O)Oc2ccccc2-c2ccccc2)C=NN=N1. The van der Waals surface area contributed by atoms with E-state index in [9.17, 15) is 9.59 Å². The Morgan fingerprint density at radius 2 is 1.17 bits per heavy atom. The van der Waals surface area contributed by atoms with Gasteiger partial charge in [0.05, 0.1) is 6.21 Å². The molecule has 5 rings (SSSR count). The number of benzene rings is 4. The van der Waals surface area contributed by atoms with Crippen LogP contribution in [0.15, 0.2) is 119 Å². The maximum atomic E-state index is 13.4. The van der Waals surface area contributed by atoms with Crippen LogP contribution in [0.2, 0.25) is 0 Å². The van der Waals surface area contributed by atoms with Crippen molar-refractivity contribution in [3.8, 4) is 33.8 Å². The number of para-hydroxylation sites is 2. The number of nitrogens with zero attached hydrogens (tertiary/aromatic N) is 3. The number of esters is 2. The zero-order valence-electron chi connectivity index (χ0n) is 19.4. The molecule has 0 saturated heterocycles. The minimum Gasteiger partial charge on any atom is -0.423 e. The summed E-state index contributed by atoms with van der Waals surface area (Å²) in [5.74, 6) is -1.37. The van der Waals surface area contributed by atoms with Gasteiger partial charge in [0.25, 0.3) is 0 Å². The molecule has 1 atom stereocenters. The first-order chi connectivity index (χ1) is 17.6. The Morgan fingerprint density at radius 1 is 0.639 bits per heavy atom. The minimum atomic E-state index is -2.16. The standard InChI is InChI=1S/C29H21N3O4/c1-20-11-5-6-14-22(20)24-16-8-10-18-26(24)36-28(34)29(19-30-32-31-29)27(33)35-25-17-9-7-15-23(25)21-12-3-2-4-13-21/h2-19H,1H3. The molecular formula is C29H21N3O4. The van der Waals surface area contributed by atoms with Crippen molar-refractivity contribution in [1.29, 1.82) is 0 Å². The number of carbonyl (C=O) groups excluding carboxylic acids is 2. The third-order valence-corrected chi connectivity index (χ3v) is 5.82. The first-order valence-corrected chi connectivity index (χ1v) is 11.3. The second-order valence-electron chi connectivity index (χ2n) is 8.15. The van der Waals surface area contributed by atoms with Crippen LogP contribution in [0.25, 0.3) is 22.3 Å². The van der Waals surface area contributed by atoms with Crippen LogP contribution in [0.5, 0.6) is 11.5 Å². The molecule has 7 nitrogen and oxygen atoms in total. The second-order valence-corrected chi connectivity index (χ2v) is 8.15. The quantitative estimate of drug-likeness (QED) is 0.193. The molecule has 1 aliphatic rings. The molecule has 7 heteroatoms. The average molecular weight is 476 g/mol. The molecule has 0 saturated carbocycles. The van der Waals surface area contributed by atoms with Gasteiger partial charge in [-0.05, 0) is 41.0 Å². The maximum absolute atomic E-state index is 13.4. The van der Waals surface area contributed by atoms with E-state index in [4.69, 9.17) is 9.47 Å². The minimum absolute atomic E-state index is 0.275. The molecule has 0 amide bonds. The zero-order valence-corrected chi connectivity index (χ0v) is 19.4. The van der Waals surface area contributed by atoms with E-state index in [0.29, 0.717) is 11.1 Å². The molecular weight excluding hydrogens is 454 g/mol. The first-order valence-electron chi connectivity index (χ1n) is 11.3. The summed E-state index contributed by atoms with van der Waals surface area (Å²) in [5.41, 5.74) is 1.99. The fourth-order valence-electron chi connectivity index (χ4n) is 3.92. The molecule has 1 heterocycles. The third-order valence-electron chi connectivity index (χ3n) is 5.82. The highest BCUT2D eigenvalue weighted by molar-refractivity contribution is 6.21. The first kappa shape index (κ1) is 22.9. The molecule has 0 aromatic heterocycles. The lowest BCUT2D eigenvalue weighted by Gasteiger charge is -2.20. The number of carbonyl (C=O) groups is 2. The maximum Gasteiger partial charge on any atom is 0.359 e. The molecule has 0 fully saturated rings. The highest BCUT2D eigenvalue weighted by Gasteiger charge is 2.52. The number of ether oxygens (including phenoxy) is 2. The Bertz CT molecular complexity index is 1480. The molecule has 1 unspecified atom stereocenters. The topological polar surface area (TPSA) is 89.7 Å². The van der Waals surface area contributed by atoms with Gasteiger partial charge in [-0.1, -0.05) is 91.0 Å². The van der Waals surface area contributed by atoms with Gasteiger partial charge in [0, 0.05) is 11.1 Å².